The van der Waals surface area contributed by atoms with Gasteiger partial charge < -0.3 is 0 Å². The molecule has 1 N–H and O–H groups in total. The molecule has 4 nitrogen and oxygen atoms in total. The van der Waals surface area contributed by atoms with Crippen LogP contribution >= 0.6 is 0 Å². The Labute approximate surface area is 160 Å². The molecule has 0 atom stereocenters. The summed E-state index contributed by atoms with van der Waals surface area (Å²) in [6.45, 7) is 33.8. The Morgan fingerprint density at radius 2 is 1.00 bits per heavy atom. The molecular formula is C19H46N4Si2. The summed E-state index contributed by atoms with van der Waals surface area (Å²) in [7, 11) is -2.96. The third-order valence-electron chi connectivity index (χ3n) is 6.01. The molecule has 6 heteroatoms. The fourth-order valence-electron chi connectivity index (χ4n) is 4.87. The molecule has 0 spiro atoms. The summed E-state index contributed by atoms with van der Waals surface area (Å²) in [5.41, 5.74) is 4.26. The Morgan fingerprint density at radius 3 is 1.20 bits per heavy atom. The highest BCUT2D eigenvalue weighted by Crippen LogP contribution is 2.45. The molecule has 0 aromatic rings. The van der Waals surface area contributed by atoms with Gasteiger partial charge in [0.25, 0.3) is 0 Å². The summed E-state index contributed by atoms with van der Waals surface area (Å²) in [4.78, 5) is 5.39. The van der Waals surface area contributed by atoms with E-state index < -0.39 is 16.5 Å². The molecule has 0 unspecified atom stereocenters. The molecule has 1 saturated heterocycles. The van der Waals surface area contributed by atoms with E-state index in [1.165, 1.54) is 0 Å². The summed E-state index contributed by atoms with van der Waals surface area (Å²) in [5.74, 6) is 0. The van der Waals surface area contributed by atoms with Crippen LogP contribution in [0.2, 0.25) is 39.3 Å². The molecule has 0 aliphatic carbocycles. The first kappa shape index (κ1) is 23.3. The Morgan fingerprint density at radius 1 is 0.720 bits per heavy atom. The highest BCUT2D eigenvalue weighted by atomic mass is 28.4. The molecule has 0 aromatic carbocycles. The van der Waals surface area contributed by atoms with Crippen molar-refractivity contribution >= 4 is 16.5 Å². The van der Waals surface area contributed by atoms with Crippen molar-refractivity contribution in [3.63, 3.8) is 0 Å². The third-order valence-corrected chi connectivity index (χ3v) is 13.0. The highest BCUT2D eigenvalue weighted by molar-refractivity contribution is 6.89. The standard InChI is InChI=1S/C19H46N4Si2/c1-15(2)21-17(20-23(24(9,10)11)25(12,13)14)22(16(3)4)19(7,8)18(21,5)6/h15-17,20H,1-14H3. The van der Waals surface area contributed by atoms with Crippen LogP contribution in [-0.2, 0) is 0 Å². The largest absolute Gasteiger partial charge is 0.284 e. The summed E-state index contributed by atoms with van der Waals surface area (Å²) >= 11 is 0. The lowest BCUT2D eigenvalue weighted by molar-refractivity contribution is 0.00288. The fourth-order valence-corrected chi connectivity index (χ4v) is 13.9. The van der Waals surface area contributed by atoms with E-state index in [4.69, 9.17) is 0 Å². The molecule has 1 heterocycles. The second-order valence-corrected chi connectivity index (χ2v) is 21.3. The van der Waals surface area contributed by atoms with E-state index in [2.05, 4.69) is 114 Å². The average molecular weight is 387 g/mol. The smallest absolute Gasteiger partial charge is 0.130 e. The van der Waals surface area contributed by atoms with Gasteiger partial charge in [0.1, 0.15) is 22.8 Å². The van der Waals surface area contributed by atoms with E-state index in [1.807, 2.05) is 0 Å². The topological polar surface area (TPSA) is 21.8 Å². The van der Waals surface area contributed by atoms with E-state index in [0.29, 0.717) is 12.1 Å². The molecule has 1 aliphatic heterocycles. The number of rotatable bonds is 6. The summed E-state index contributed by atoms with van der Waals surface area (Å²) in [6, 6.07) is 0.973. The van der Waals surface area contributed by atoms with Crippen molar-refractivity contribution in [3.8, 4) is 0 Å². The van der Waals surface area contributed by atoms with Crippen LogP contribution in [0.1, 0.15) is 55.4 Å². The predicted octanol–water partition coefficient (Wildman–Crippen LogP) is 4.74. The highest BCUT2D eigenvalue weighted by Gasteiger charge is 2.59. The summed E-state index contributed by atoms with van der Waals surface area (Å²) < 4.78 is 2.72. The zero-order chi connectivity index (χ0) is 20.2. The second kappa shape index (κ2) is 7.02. The van der Waals surface area contributed by atoms with E-state index in [0.717, 1.165) is 0 Å². The van der Waals surface area contributed by atoms with Gasteiger partial charge in [0.05, 0.1) is 0 Å². The van der Waals surface area contributed by atoms with Crippen molar-refractivity contribution in [1.29, 1.82) is 0 Å². The molecule has 0 radical (unpaired) electrons. The van der Waals surface area contributed by atoms with E-state index >= 15 is 0 Å². The Kier molecular flexibility index (Phi) is 6.55. The zero-order valence-electron chi connectivity index (χ0n) is 19.6. The van der Waals surface area contributed by atoms with Gasteiger partial charge in [0, 0.05) is 23.2 Å². The van der Waals surface area contributed by atoms with Gasteiger partial charge in [-0.05, 0) is 55.4 Å². The molecule has 0 saturated carbocycles. The normalized spacial score (nSPS) is 23.4. The van der Waals surface area contributed by atoms with Gasteiger partial charge >= 0.3 is 0 Å². The van der Waals surface area contributed by atoms with Crippen LogP contribution < -0.4 is 5.43 Å². The van der Waals surface area contributed by atoms with Crippen LogP contribution in [0.25, 0.3) is 0 Å². The Hall–Kier alpha value is 0.274. The van der Waals surface area contributed by atoms with Crippen LogP contribution in [0.3, 0.4) is 0 Å². The third kappa shape index (κ3) is 4.24. The number of hydrazine groups is 1. The summed E-state index contributed by atoms with van der Waals surface area (Å²) in [5, 5.41) is 0. The van der Waals surface area contributed by atoms with Crippen molar-refractivity contribution in [1.82, 2.24) is 19.6 Å². The molecule has 25 heavy (non-hydrogen) atoms. The lowest BCUT2D eigenvalue weighted by Gasteiger charge is -2.49. The van der Waals surface area contributed by atoms with Crippen LogP contribution in [0, 0.1) is 0 Å². The van der Waals surface area contributed by atoms with Gasteiger partial charge in [-0.1, -0.05) is 39.3 Å². The maximum atomic E-state index is 4.08. The summed E-state index contributed by atoms with van der Waals surface area (Å²) in [6.07, 6.45) is 0.239. The second-order valence-electron chi connectivity index (χ2n) is 11.3. The van der Waals surface area contributed by atoms with Gasteiger partial charge in [-0.3, -0.25) is 14.1 Å². The lowest BCUT2D eigenvalue weighted by atomic mass is 9.81. The van der Waals surface area contributed by atoms with Crippen LogP contribution in [0.5, 0.6) is 0 Å². The minimum absolute atomic E-state index is 0.0909. The molecular weight excluding hydrogens is 340 g/mol. The molecule has 150 valence electrons. The number of hydrogen-bond donors (Lipinski definition) is 1. The van der Waals surface area contributed by atoms with Crippen LogP contribution in [-0.4, -0.2) is 60.1 Å². The maximum Gasteiger partial charge on any atom is 0.130 e. The monoisotopic (exact) mass is 386 g/mol. The van der Waals surface area contributed by atoms with Crippen molar-refractivity contribution < 1.29 is 0 Å². The van der Waals surface area contributed by atoms with Crippen LogP contribution in [0.4, 0.5) is 0 Å². The SMILES string of the molecule is CC(C)N1C(NN([Si](C)(C)C)[Si](C)(C)C)N(C(C)C)C(C)(C)C1(C)C. The maximum absolute atomic E-state index is 4.08. The minimum atomic E-state index is -1.48. The zero-order valence-corrected chi connectivity index (χ0v) is 21.6. The Balaban J connectivity index is 3.45. The average Bonchev–Trinajstić information content (AvgIpc) is 2.46. The molecule has 1 rings (SSSR count). The molecule has 0 amide bonds. The Bertz CT molecular complexity index is 421. The van der Waals surface area contributed by atoms with Gasteiger partial charge in [0.15, 0.2) is 0 Å². The number of nitrogens with zero attached hydrogens (tertiary/aromatic N) is 3. The predicted molar refractivity (Wildman–Crippen MR) is 118 cm³/mol. The number of hydrogen-bond acceptors (Lipinski definition) is 4. The van der Waals surface area contributed by atoms with Crippen LogP contribution in [0.15, 0.2) is 0 Å². The van der Waals surface area contributed by atoms with Crippen molar-refractivity contribution in [3.05, 3.63) is 0 Å². The lowest BCUT2D eigenvalue weighted by Crippen LogP contribution is -2.71. The van der Waals surface area contributed by atoms with Gasteiger partial charge in [-0.25, -0.2) is 5.43 Å². The van der Waals surface area contributed by atoms with Crippen molar-refractivity contribution in [2.75, 3.05) is 0 Å². The molecule has 1 aliphatic rings. The van der Waals surface area contributed by atoms with Gasteiger partial charge in [-0.2, -0.15) is 0 Å². The first-order valence-corrected chi connectivity index (χ1v) is 16.9. The van der Waals surface area contributed by atoms with Crippen molar-refractivity contribution in [2.24, 2.45) is 0 Å². The van der Waals surface area contributed by atoms with Gasteiger partial charge in [-0.15, -0.1) is 0 Å². The first-order valence-electron chi connectivity index (χ1n) is 10.00. The molecule has 0 aromatic heterocycles. The number of nitrogens with one attached hydrogen (secondary N) is 1. The van der Waals surface area contributed by atoms with Gasteiger partial charge in [0.2, 0.25) is 0 Å². The quantitative estimate of drug-likeness (QED) is 0.526. The van der Waals surface area contributed by atoms with E-state index in [-0.39, 0.29) is 17.4 Å². The van der Waals surface area contributed by atoms with Crippen molar-refractivity contribution in [2.45, 2.75) is 124 Å². The fraction of sp³-hybridized carbons (Fsp3) is 1.00. The molecule has 0 bridgehead atoms. The van der Waals surface area contributed by atoms with E-state index in [9.17, 15) is 0 Å². The van der Waals surface area contributed by atoms with E-state index in [1.54, 1.807) is 0 Å². The molecule has 1 fully saturated rings. The first-order chi connectivity index (χ1) is 10.9. The minimum Gasteiger partial charge on any atom is -0.284 e.